The van der Waals surface area contributed by atoms with Gasteiger partial charge in [0.15, 0.2) is 0 Å². The van der Waals surface area contributed by atoms with E-state index in [0.717, 1.165) is 22.7 Å². The van der Waals surface area contributed by atoms with Crippen LogP contribution in [0.15, 0.2) is 243 Å². The Morgan fingerprint density at radius 3 is 1.58 bits per heavy atom. The fourth-order valence-electron chi connectivity index (χ4n) is 9.70. The molecular formula is C60H40N2. The maximum atomic E-state index is 2.46. The molecule has 0 fully saturated rings. The van der Waals surface area contributed by atoms with Crippen LogP contribution >= 0.6 is 0 Å². The van der Waals surface area contributed by atoms with Crippen LogP contribution in [0.3, 0.4) is 0 Å². The van der Waals surface area contributed by atoms with E-state index < -0.39 is 0 Å². The SMILES string of the molecule is c1ccc(-c2ccc3cc(N(c4ccc(-c5cccc6cccc(-c7ccccc7)c56)cc4)c4cccc5ccc6c(c7ccccc7n6-c6ccccc6)c45)ccc3c2)cc1. The van der Waals surface area contributed by atoms with Gasteiger partial charge in [0.1, 0.15) is 0 Å². The predicted molar refractivity (Wildman–Crippen MR) is 264 cm³/mol. The Morgan fingerprint density at radius 1 is 0.290 bits per heavy atom. The molecule has 0 aliphatic carbocycles. The molecule has 1 aromatic heterocycles. The van der Waals surface area contributed by atoms with Crippen LogP contribution in [0.5, 0.6) is 0 Å². The molecule has 0 bridgehead atoms. The summed E-state index contributed by atoms with van der Waals surface area (Å²) in [6.07, 6.45) is 0. The van der Waals surface area contributed by atoms with Crippen molar-refractivity contribution in [2.45, 2.75) is 0 Å². The lowest BCUT2D eigenvalue weighted by atomic mass is 9.91. The number of anilines is 3. The average Bonchev–Trinajstić information content (AvgIpc) is 3.69. The van der Waals surface area contributed by atoms with Crippen molar-refractivity contribution in [3.63, 3.8) is 0 Å². The summed E-state index contributed by atoms with van der Waals surface area (Å²) in [6.45, 7) is 0. The molecule has 0 radical (unpaired) electrons. The Morgan fingerprint density at radius 2 is 0.839 bits per heavy atom. The Labute approximate surface area is 360 Å². The lowest BCUT2D eigenvalue weighted by Gasteiger charge is -2.28. The first-order valence-corrected chi connectivity index (χ1v) is 21.3. The lowest BCUT2D eigenvalue weighted by molar-refractivity contribution is 1.18. The second kappa shape index (κ2) is 14.8. The van der Waals surface area contributed by atoms with Crippen LogP contribution in [0.1, 0.15) is 0 Å². The van der Waals surface area contributed by atoms with Gasteiger partial charge in [0.25, 0.3) is 0 Å². The van der Waals surface area contributed by atoms with Gasteiger partial charge in [-0.2, -0.15) is 0 Å². The number of para-hydroxylation sites is 2. The van der Waals surface area contributed by atoms with E-state index in [-0.39, 0.29) is 0 Å². The highest BCUT2D eigenvalue weighted by Crippen LogP contribution is 2.46. The molecule has 12 aromatic rings. The van der Waals surface area contributed by atoms with E-state index in [1.165, 1.54) is 87.5 Å². The van der Waals surface area contributed by atoms with E-state index in [1.807, 2.05) is 0 Å². The number of rotatable bonds is 7. The van der Waals surface area contributed by atoms with Crippen LogP contribution in [0, 0.1) is 0 Å². The minimum atomic E-state index is 1.09. The Balaban J connectivity index is 1.08. The fraction of sp³-hybridized carbons (Fsp3) is 0. The lowest BCUT2D eigenvalue weighted by Crippen LogP contribution is -2.10. The molecule has 11 aromatic carbocycles. The van der Waals surface area contributed by atoms with E-state index in [4.69, 9.17) is 0 Å². The normalized spacial score (nSPS) is 11.5. The summed E-state index contributed by atoms with van der Waals surface area (Å²) < 4.78 is 2.41. The van der Waals surface area contributed by atoms with Gasteiger partial charge in [0.05, 0.1) is 16.7 Å². The molecule has 290 valence electrons. The summed E-state index contributed by atoms with van der Waals surface area (Å²) in [5.41, 5.74) is 14.2. The van der Waals surface area contributed by atoms with Crippen molar-refractivity contribution >= 4 is 71.2 Å². The number of aromatic nitrogens is 1. The second-order valence-corrected chi connectivity index (χ2v) is 16.1. The van der Waals surface area contributed by atoms with Gasteiger partial charge >= 0.3 is 0 Å². The maximum absolute atomic E-state index is 2.46. The molecule has 0 aliphatic rings. The Hall–Kier alpha value is -8.20. The van der Waals surface area contributed by atoms with Gasteiger partial charge in [-0.1, -0.05) is 182 Å². The topological polar surface area (TPSA) is 8.17 Å². The highest BCUT2D eigenvalue weighted by molar-refractivity contribution is 6.25. The number of benzene rings is 11. The molecule has 62 heavy (non-hydrogen) atoms. The molecule has 0 saturated carbocycles. The molecule has 0 spiro atoms. The molecule has 12 rings (SSSR count). The van der Waals surface area contributed by atoms with Crippen LogP contribution in [0.25, 0.3) is 93.2 Å². The zero-order chi connectivity index (χ0) is 41.0. The molecule has 0 aliphatic heterocycles. The highest BCUT2D eigenvalue weighted by atomic mass is 15.1. The zero-order valence-electron chi connectivity index (χ0n) is 34.0. The van der Waals surface area contributed by atoms with Crippen molar-refractivity contribution in [2.24, 2.45) is 0 Å². The van der Waals surface area contributed by atoms with Crippen molar-refractivity contribution in [3.05, 3.63) is 243 Å². The third-order valence-electron chi connectivity index (χ3n) is 12.5. The number of hydrogen-bond donors (Lipinski definition) is 0. The molecular weight excluding hydrogens is 749 g/mol. The highest BCUT2D eigenvalue weighted by Gasteiger charge is 2.22. The minimum absolute atomic E-state index is 1.09. The van der Waals surface area contributed by atoms with Crippen molar-refractivity contribution in [2.75, 3.05) is 4.90 Å². The van der Waals surface area contributed by atoms with Crippen LogP contribution in [0.4, 0.5) is 17.1 Å². The summed E-state index contributed by atoms with van der Waals surface area (Å²) in [6, 6.07) is 88.5. The van der Waals surface area contributed by atoms with Gasteiger partial charge in [0.2, 0.25) is 0 Å². The van der Waals surface area contributed by atoms with Crippen molar-refractivity contribution < 1.29 is 0 Å². The molecule has 2 heteroatoms. The molecule has 0 atom stereocenters. The van der Waals surface area contributed by atoms with E-state index in [2.05, 4.69) is 252 Å². The van der Waals surface area contributed by atoms with Crippen molar-refractivity contribution in [1.82, 2.24) is 4.57 Å². The first-order chi connectivity index (χ1) is 30.8. The third-order valence-corrected chi connectivity index (χ3v) is 12.5. The standard InChI is InChI=1S/C60H40N2/c1-4-15-41(16-5-1)46-29-30-48-40-51(37-33-47(48)39-46)61(50-35-31-43(32-36-50)53-26-13-20-44-19-12-25-52(58(44)53)42-17-6-2-7-18-42)56-28-14-21-45-34-38-57-60(59(45)56)54-24-10-11-27-55(54)62(57)49-22-8-3-9-23-49/h1-40H. The number of hydrogen-bond acceptors (Lipinski definition) is 1. The van der Waals surface area contributed by atoms with Crippen LogP contribution in [0.2, 0.25) is 0 Å². The molecule has 0 unspecified atom stereocenters. The van der Waals surface area contributed by atoms with E-state index >= 15 is 0 Å². The number of nitrogens with zero attached hydrogens (tertiary/aromatic N) is 2. The Bertz CT molecular complexity index is 3600. The fourth-order valence-corrected chi connectivity index (χ4v) is 9.70. The molecule has 0 saturated heterocycles. The van der Waals surface area contributed by atoms with E-state index in [1.54, 1.807) is 0 Å². The maximum Gasteiger partial charge on any atom is 0.0548 e. The minimum Gasteiger partial charge on any atom is -0.310 e. The summed E-state index contributed by atoms with van der Waals surface area (Å²) >= 11 is 0. The van der Waals surface area contributed by atoms with Gasteiger partial charge in [-0.15, -0.1) is 0 Å². The van der Waals surface area contributed by atoms with Gasteiger partial charge in [0, 0.05) is 33.2 Å². The van der Waals surface area contributed by atoms with E-state index in [0.29, 0.717) is 0 Å². The summed E-state index contributed by atoms with van der Waals surface area (Å²) in [5, 5.41) is 9.80. The average molecular weight is 789 g/mol. The second-order valence-electron chi connectivity index (χ2n) is 16.1. The smallest absolute Gasteiger partial charge is 0.0548 e. The van der Waals surface area contributed by atoms with Crippen LogP contribution in [-0.4, -0.2) is 4.57 Å². The molecule has 2 nitrogen and oxygen atoms in total. The van der Waals surface area contributed by atoms with Gasteiger partial charge in [-0.25, -0.2) is 0 Å². The summed E-state index contributed by atoms with van der Waals surface area (Å²) in [5.74, 6) is 0. The molecule has 0 N–H and O–H groups in total. The summed E-state index contributed by atoms with van der Waals surface area (Å²) in [7, 11) is 0. The summed E-state index contributed by atoms with van der Waals surface area (Å²) in [4.78, 5) is 2.46. The zero-order valence-corrected chi connectivity index (χ0v) is 34.0. The quantitative estimate of drug-likeness (QED) is 0.156. The molecule has 1 heterocycles. The third kappa shape index (κ3) is 5.96. The number of fused-ring (bicyclic) bond motifs is 7. The monoisotopic (exact) mass is 788 g/mol. The molecule has 0 amide bonds. The van der Waals surface area contributed by atoms with Gasteiger partial charge in [-0.3, -0.25) is 0 Å². The van der Waals surface area contributed by atoms with E-state index in [9.17, 15) is 0 Å². The first-order valence-electron chi connectivity index (χ1n) is 21.3. The first kappa shape index (κ1) is 35.7. The van der Waals surface area contributed by atoms with Crippen LogP contribution in [-0.2, 0) is 0 Å². The largest absolute Gasteiger partial charge is 0.310 e. The van der Waals surface area contributed by atoms with Crippen molar-refractivity contribution in [3.8, 4) is 39.1 Å². The predicted octanol–water partition coefficient (Wildman–Crippen LogP) is 16.7. The van der Waals surface area contributed by atoms with Gasteiger partial charge in [-0.05, 0) is 121 Å². The van der Waals surface area contributed by atoms with Crippen molar-refractivity contribution in [1.29, 1.82) is 0 Å². The Kier molecular flexibility index (Phi) is 8.53. The van der Waals surface area contributed by atoms with Crippen LogP contribution < -0.4 is 4.90 Å². The van der Waals surface area contributed by atoms with Gasteiger partial charge < -0.3 is 9.47 Å².